The van der Waals surface area contributed by atoms with E-state index in [9.17, 15) is 18.0 Å². The molecule has 0 atom stereocenters. The number of piperidine rings is 1. The van der Waals surface area contributed by atoms with Crippen LogP contribution >= 0.6 is 0 Å². The molecular formula is C23H30N4O5S. The number of benzene rings is 1. The highest BCUT2D eigenvalue weighted by Crippen LogP contribution is 2.29. The average Bonchev–Trinajstić information content (AvgIpc) is 2.85. The number of nitrogens with one attached hydrogen (secondary N) is 1. The first kappa shape index (κ1) is 23.5. The van der Waals surface area contributed by atoms with Crippen LogP contribution in [0.1, 0.15) is 36.5 Å². The molecule has 2 saturated heterocycles. The molecule has 1 aromatic carbocycles. The van der Waals surface area contributed by atoms with Crippen LogP contribution in [0.3, 0.4) is 0 Å². The molecule has 2 aromatic rings. The number of carbonyl (C=O) groups excluding carboxylic acids is 1. The molecule has 0 bridgehead atoms. The molecule has 178 valence electrons. The number of hydrogen-bond donors (Lipinski definition) is 1. The first-order valence-corrected chi connectivity index (χ1v) is 12.8. The molecule has 3 heterocycles. The number of aryl methyl sites for hydroxylation is 1. The number of aromatic nitrogens is 1. The zero-order valence-corrected chi connectivity index (χ0v) is 19.6. The third-order valence-electron chi connectivity index (χ3n) is 6.10. The van der Waals surface area contributed by atoms with Gasteiger partial charge in [-0.15, -0.1) is 0 Å². The Balaban J connectivity index is 1.70. The van der Waals surface area contributed by atoms with Crippen molar-refractivity contribution in [2.24, 2.45) is 0 Å². The molecule has 1 aromatic heterocycles. The van der Waals surface area contributed by atoms with Gasteiger partial charge in [-0.1, -0.05) is 0 Å². The molecule has 10 heteroatoms. The number of rotatable bonds is 6. The van der Waals surface area contributed by atoms with E-state index >= 15 is 0 Å². The summed E-state index contributed by atoms with van der Waals surface area (Å²) in [5, 5.41) is 2.84. The predicted octanol–water partition coefficient (Wildman–Crippen LogP) is 2.13. The van der Waals surface area contributed by atoms with Crippen LogP contribution in [0.5, 0.6) is 0 Å². The number of sulfonamides is 1. The van der Waals surface area contributed by atoms with E-state index in [-0.39, 0.29) is 23.5 Å². The van der Waals surface area contributed by atoms with Gasteiger partial charge in [0.05, 0.1) is 29.4 Å². The lowest BCUT2D eigenvalue weighted by Gasteiger charge is -2.31. The van der Waals surface area contributed by atoms with Gasteiger partial charge in [-0.25, -0.2) is 8.42 Å². The van der Waals surface area contributed by atoms with Crippen LogP contribution in [-0.2, 0) is 21.3 Å². The third-order valence-corrected chi connectivity index (χ3v) is 7.99. The Hall–Kier alpha value is -2.69. The zero-order chi connectivity index (χ0) is 23.4. The summed E-state index contributed by atoms with van der Waals surface area (Å²) >= 11 is 0. The van der Waals surface area contributed by atoms with Crippen LogP contribution in [0.15, 0.2) is 46.2 Å². The minimum Gasteiger partial charge on any atom is -0.379 e. The van der Waals surface area contributed by atoms with Gasteiger partial charge in [0, 0.05) is 50.7 Å². The highest BCUT2D eigenvalue weighted by atomic mass is 32.2. The Kier molecular flexibility index (Phi) is 7.16. The molecule has 1 N–H and O–H groups in total. The maximum atomic E-state index is 13.4. The molecule has 2 fully saturated rings. The second-order valence-electron chi connectivity index (χ2n) is 8.24. The lowest BCUT2D eigenvalue weighted by molar-refractivity contribution is 0.0730. The maximum absolute atomic E-state index is 13.4. The normalized spacial score (nSPS) is 17.7. The molecule has 33 heavy (non-hydrogen) atoms. The fourth-order valence-electron chi connectivity index (χ4n) is 4.25. The van der Waals surface area contributed by atoms with Crippen LogP contribution in [-0.4, -0.2) is 62.6 Å². The Morgan fingerprint density at radius 2 is 1.76 bits per heavy atom. The van der Waals surface area contributed by atoms with Gasteiger partial charge in [0.1, 0.15) is 0 Å². The van der Waals surface area contributed by atoms with E-state index in [1.54, 1.807) is 24.4 Å². The Labute approximate surface area is 194 Å². The van der Waals surface area contributed by atoms with Crippen molar-refractivity contribution >= 4 is 27.3 Å². The minimum atomic E-state index is -3.75. The lowest BCUT2D eigenvalue weighted by Crippen LogP contribution is -2.40. The Morgan fingerprint density at radius 3 is 2.45 bits per heavy atom. The second-order valence-corrected chi connectivity index (χ2v) is 10.2. The molecule has 0 unspecified atom stereocenters. The fraction of sp³-hybridized carbons (Fsp3) is 0.478. The molecule has 9 nitrogen and oxygen atoms in total. The smallest absolute Gasteiger partial charge is 0.257 e. The summed E-state index contributed by atoms with van der Waals surface area (Å²) in [6, 6.07) is 7.76. The van der Waals surface area contributed by atoms with Crippen molar-refractivity contribution in [3.05, 3.63) is 52.4 Å². The van der Waals surface area contributed by atoms with Gasteiger partial charge in [0.25, 0.3) is 11.5 Å². The standard InChI is InChI=1S/C23H30N4O5S/c1-2-25-17-18(6-9-22(25)28)24-23(29)20-16-19(33(30,31)27-12-14-32-15-13-27)7-8-21(20)26-10-4-3-5-11-26/h6-9,16-17H,2-5,10-15H2,1H3,(H,24,29). The number of ether oxygens (including phenoxy) is 1. The van der Waals surface area contributed by atoms with E-state index in [1.807, 2.05) is 6.92 Å². The van der Waals surface area contributed by atoms with E-state index in [2.05, 4.69) is 10.2 Å². The monoisotopic (exact) mass is 474 g/mol. The second kappa shape index (κ2) is 10.1. The van der Waals surface area contributed by atoms with Gasteiger partial charge < -0.3 is 19.5 Å². The van der Waals surface area contributed by atoms with Gasteiger partial charge in [-0.3, -0.25) is 9.59 Å². The van der Waals surface area contributed by atoms with Crippen LogP contribution < -0.4 is 15.8 Å². The molecule has 0 saturated carbocycles. The fourth-order valence-corrected chi connectivity index (χ4v) is 5.69. The van der Waals surface area contributed by atoms with Crippen molar-refractivity contribution in [3.8, 4) is 0 Å². The van der Waals surface area contributed by atoms with Gasteiger partial charge in [-0.2, -0.15) is 4.31 Å². The first-order valence-electron chi connectivity index (χ1n) is 11.4. The number of amides is 1. The molecule has 2 aliphatic rings. The van der Waals surface area contributed by atoms with Gasteiger partial charge in [-0.05, 0) is 50.5 Å². The van der Waals surface area contributed by atoms with Gasteiger partial charge in [0.15, 0.2) is 0 Å². The van der Waals surface area contributed by atoms with Crippen molar-refractivity contribution in [1.29, 1.82) is 0 Å². The number of anilines is 2. The molecule has 2 aliphatic heterocycles. The van der Waals surface area contributed by atoms with Crippen molar-refractivity contribution in [2.75, 3.05) is 49.6 Å². The van der Waals surface area contributed by atoms with Crippen LogP contribution in [0.4, 0.5) is 11.4 Å². The van der Waals surface area contributed by atoms with E-state index in [4.69, 9.17) is 4.74 Å². The zero-order valence-electron chi connectivity index (χ0n) is 18.8. The molecule has 0 spiro atoms. The van der Waals surface area contributed by atoms with Crippen LogP contribution in [0, 0.1) is 0 Å². The van der Waals surface area contributed by atoms with Gasteiger partial charge in [0.2, 0.25) is 10.0 Å². The van der Waals surface area contributed by atoms with Crippen molar-refractivity contribution in [2.45, 2.75) is 37.6 Å². The maximum Gasteiger partial charge on any atom is 0.257 e. The number of carbonyl (C=O) groups is 1. The SMILES string of the molecule is CCn1cc(NC(=O)c2cc(S(=O)(=O)N3CCOCC3)ccc2N2CCCCC2)ccc1=O. The minimum absolute atomic E-state index is 0.0915. The quantitative estimate of drug-likeness (QED) is 0.688. The number of morpholine rings is 1. The summed E-state index contributed by atoms with van der Waals surface area (Å²) in [5.41, 5.74) is 1.35. The summed E-state index contributed by atoms with van der Waals surface area (Å²) in [6.07, 6.45) is 4.78. The molecular weight excluding hydrogens is 444 g/mol. The largest absolute Gasteiger partial charge is 0.379 e. The summed E-state index contributed by atoms with van der Waals surface area (Å²) in [4.78, 5) is 27.5. The van der Waals surface area contributed by atoms with Crippen LogP contribution in [0.2, 0.25) is 0 Å². The molecule has 4 rings (SSSR count). The van der Waals surface area contributed by atoms with E-state index in [0.717, 1.165) is 38.0 Å². The first-order chi connectivity index (χ1) is 15.9. The summed E-state index contributed by atoms with van der Waals surface area (Å²) in [5.74, 6) is -0.407. The number of nitrogens with zero attached hydrogens (tertiary/aromatic N) is 3. The Bertz CT molecular complexity index is 1170. The van der Waals surface area contributed by atoms with E-state index in [0.29, 0.717) is 31.0 Å². The van der Waals surface area contributed by atoms with Crippen molar-refractivity contribution in [1.82, 2.24) is 8.87 Å². The molecule has 0 radical (unpaired) electrons. The van der Waals surface area contributed by atoms with Crippen molar-refractivity contribution in [3.63, 3.8) is 0 Å². The topological polar surface area (TPSA) is 101 Å². The van der Waals surface area contributed by atoms with Gasteiger partial charge >= 0.3 is 0 Å². The van der Waals surface area contributed by atoms with E-state index < -0.39 is 15.9 Å². The average molecular weight is 475 g/mol. The summed E-state index contributed by atoms with van der Waals surface area (Å²) < 4.78 is 34.6. The molecule has 0 aliphatic carbocycles. The predicted molar refractivity (Wildman–Crippen MR) is 126 cm³/mol. The number of pyridine rings is 1. The summed E-state index contributed by atoms with van der Waals surface area (Å²) in [7, 11) is -3.75. The van der Waals surface area contributed by atoms with Crippen molar-refractivity contribution < 1.29 is 17.9 Å². The van der Waals surface area contributed by atoms with E-state index in [1.165, 1.54) is 21.0 Å². The highest BCUT2D eigenvalue weighted by Gasteiger charge is 2.29. The highest BCUT2D eigenvalue weighted by molar-refractivity contribution is 7.89. The lowest BCUT2D eigenvalue weighted by atomic mass is 10.1. The van der Waals surface area contributed by atoms with Crippen LogP contribution in [0.25, 0.3) is 0 Å². The summed E-state index contributed by atoms with van der Waals surface area (Å²) in [6.45, 7) is 5.24. The number of hydrogen-bond acceptors (Lipinski definition) is 6. The molecule has 1 amide bonds. The third kappa shape index (κ3) is 5.13. The Morgan fingerprint density at radius 1 is 1.03 bits per heavy atom.